The van der Waals surface area contributed by atoms with E-state index in [0.29, 0.717) is 27.7 Å². The first-order valence-corrected chi connectivity index (χ1v) is 10.2. The SMILES string of the molecule is CC1=C(C(=O)O)C(c2ccc(F)cc2-c2ccc(C(F)(F)F)cc2)N=C(c2nccs2)N1. The lowest BCUT2D eigenvalue weighted by molar-refractivity contribution is -0.137. The van der Waals surface area contributed by atoms with Crippen LogP contribution in [0.2, 0.25) is 0 Å². The summed E-state index contributed by atoms with van der Waals surface area (Å²) in [5.41, 5.74) is 0.347. The van der Waals surface area contributed by atoms with Crippen molar-refractivity contribution in [2.75, 3.05) is 0 Å². The molecule has 4 rings (SSSR count). The fraction of sp³-hybridized carbons (Fsp3) is 0.136. The number of carboxylic acids is 1. The van der Waals surface area contributed by atoms with Crippen LogP contribution in [0.5, 0.6) is 0 Å². The summed E-state index contributed by atoms with van der Waals surface area (Å²) in [7, 11) is 0. The maximum atomic E-state index is 14.1. The van der Waals surface area contributed by atoms with Crippen LogP contribution in [0.4, 0.5) is 17.6 Å². The lowest BCUT2D eigenvalue weighted by Crippen LogP contribution is -2.32. The van der Waals surface area contributed by atoms with Crippen molar-refractivity contribution in [1.82, 2.24) is 10.3 Å². The predicted molar refractivity (Wildman–Crippen MR) is 112 cm³/mol. The van der Waals surface area contributed by atoms with Gasteiger partial charge < -0.3 is 10.4 Å². The largest absolute Gasteiger partial charge is 0.478 e. The van der Waals surface area contributed by atoms with Crippen LogP contribution in [0, 0.1) is 5.82 Å². The third kappa shape index (κ3) is 4.13. The lowest BCUT2D eigenvalue weighted by atomic mass is 9.89. The van der Waals surface area contributed by atoms with E-state index in [0.717, 1.165) is 18.2 Å². The van der Waals surface area contributed by atoms with Gasteiger partial charge in [-0.1, -0.05) is 18.2 Å². The van der Waals surface area contributed by atoms with Crippen LogP contribution in [0.15, 0.2) is 70.3 Å². The van der Waals surface area contributed by atoms with Gasteiger partial charge in [-0.05, 0) is 47.9 Å². The van der Waals surface area contributed by atoms with Crippen LogP contribution in [0.3, 0.4) is 0 Å². The summed E-state index contributed by atoms with van der Waals surface area (Å²) in [4.78, 5) is 20.8. The quantitative estimate of drug-likeness (QED) is 0.509. The number of halogens is 4. The Hall–Kier alpha value is -3.53. The van der Waals surface area contributed by atoms with E-state index < -0.39 is 29.6 Å². The van der Waals surface area contributed by atoms with Gasteiger partial charge in [-0.3, -0.25) is 4.99 Å². The molecule has 2 aromatic carbocycles. The number of benzene rings is 2. The van der Waals surface area contributed by atoms with Gasteiger partial charge in [0.15, 0.2) is 10.8 Å². The van der Waals surface area contributed by atoms with E-state index >= 15 is 0 Å². The van der Waals surface area contributed by atoms with Crippen molar-refractivity contribution in [3.8, 4) is 11.1 Å². The molecule has 1 aliphatic rings. The molecule has 1 aromatic heterocycles. The first-order valence-electron chi connectivity index (χ1n) is 9.31. The summed E-state index contributed by atoms with van der Waals surface area (Å²) in [6.07, 6.45) is -2.93. The van der Waals surface area contributed by atoms with E-state index in [1.54, 1.807) is 18.5 Å². The van der Waals surface area contributed by atoms with E-state index in [9.17, 15) is 27.5 Å². The van der Waals surface area contributed by atoms with Gasteiger partial charge in [0.1, 0.15) is 11.9 Å². The summed E-state index contributed by atoms with van der Waals surface area (Å²) in [6.45, 7) is 1.58. The van der Waals surface area contributed by atoms with Crippen LogP contribution in [-0.4, -0.2) is 21.9 Å². The Labute approximate surface area is 183 Å². The van der Waals surface area contributed by atoms with E-state index in [-0.39, 0.29) is 11.1 Å². The van der Waals surface area contributed by atoms with Gasteiger partial charge in [-0.2, -0.15) is 13.2 Å². The summed E-state index contributed by atoms with van der Waals surface area (Å²) in [6, 6.07) is 6.95. The topological polar surface area (TPSA) is 74.6 Å². The number of thiazole rings is 1. The average Bonchev–Trinajstić information content (AvgIpc) is 3.27. The molecule has 0 aliphatic carbocycles. The van der Waals surface area contributed by atoms with Gasteiger partial charge in [-0.25, -0.2) is 14.2 Å². The smallest absolute Gasteiger partial charge is 0.416 e. The predicted octanol–water partition coefficient (Wildman–Crippen LogP) is 5.42. The van der Waals surface area contributed by atoms with Crippen molar-refractivity contribution < 1.29 is 27.5 Å². The number of allylic oxidation sites excluding steroid dienone is 1. The molecule has 0 saturated heterocycles. The third-order valence-corrected chi connectivity index (χ3v) is 5.72. The van der Waals surface area contributed by atoms with Crippen molar-refractivity contribution in [1.29, 1.82) is 0 Å². The Balaban J connectivity index is 1.88. The second-order valence-corrected chi connectivity index (χ2v) is 7.89. The fourth-order valence-corrected chi connectivity index (χ4v) is 4.07. The number of nitrogens with zero attached hydrogens (tertiary/aromatic N) is 2. The Morgan fingerprint density at radius 3 is 2.47 bits per heavy atom. The van der Waals surface area contributed by atoms with Gasteiger partial charge in [-0.15, -0.1) is 11.3 Å². The summed E-state index contributed by atoms with van der Waals surface area (Å²) in [5.74, 6) is -1.47. The molecule has 0 fully saturated rings. The highest BCUT2D eigenvalue weighted by atomic mass is 32.1. The standard InChI is InChI=1S/C22H15F4N3O2S/c1-11-17(21(30)31)18(29-19(28-11)20-27-8-9-32-20)15-7-6-14(23)10-16(15)12-2-4-13(5-3-12)22(24,25)26/h2-10,18H,1H3,(H,28,29)(H,30,31). The molecule has 2 heterocycles. The Morgan fingerprint density at radius 1 is 1.16 bits per heavy atom. The third-order valence-electron chi connectivity index (χ3n) is 4.94. The molecular weight excluding hydrogens is 446 g/mol. The van der Waals surface area contributed by atoms with Gasteiger partial charge >= 0.3 is 12.1 Å². The molecule has 0 amide bonds. The Kier molecular flexibility index (Phi) is 5.55. The number of amidine groups is 1. The Bertz CT molecular complexity index is 1230. The second kappa shape index (κ2) is 8.19. The monoisotopic (exact) mass is 461 g/mol. The number of alkyl halides is 3. The van der Waals surface area contributed by atoms with Crippen molar-refractivity contribution in [2.45, 2.75) is 19.1 Å². The zero-order valence-corrected chi connectivity index (χ0v) is 17.3. The number of hydrogen-bond donors (Lipinski definition) is 2. The molecule has 3 aromatic rings. The maximum Gasteiger partial charge on any atom is 0.416 e. The van der Waals surface area contributed by atoms with E-state index in [1.807, 2.05) is 0 Å². The van der Waals surface area contributed by atoms with E-state index in [1.165, 1.54) is 35.6 Å². The van der Waals surface area contributed by atoms with Crippen LogP contribution in [0.1, 0.15) is 29.1 Å². The zero-order chi connectivity index (χ0) is 23.0. The minimum atomic E-state index is -4.51. The van der Waals surface area contributed by atoms with Crippen molar-refractivity contribution in [3.63, 3.8) is 0 Å². The molecular formula is C22H15F4N3O2S. The zero-order valence-electron chi connectivity index (χ0n) is 16.4. The molecule has 2 N–H and O–H groups in total. The summed E-state index contributed by atoms with van der Waals surface area (Å²) < 4.78 is 53.0. The lowest BCUT2D eigenvalue weighted by Gasteiger charge is -2.26. The second-order valence-electron chi connectivity index (χ2n) is 6.99. The molecule has 1 atom stereocenters. The van der Waals surface area contributed by atoms with Crippen LogP contribution in [-0.2, 0) is 11.0 Å². The molecule has 0 radical (unpaired) electrons. The van der Waals surface area contributed by atoms with Gasteiger partial charge in [0.2, 0.25) is 0 Å². The number of carboxylic acid groups (broad SMARTS) is 1. The normalized spacial score (nSPS) is 16.5. The van der Waals surface area contributed by atoms with E-state index in [2.05, 4.69) is 15.3 Å². The van der Waals surface area contributed by atoms with Gasteiger partial charge in [0, 0.05) is 17.3 Å². The van der Waals surface area contributed by atoms with Crippen molar-refractivity contribution >= 4 is 23.1 Å². The van der Waals surface area contributed by atoms with Crippen molar-refractivity contribution in [3.05, 3.63) is 87.3 Å². The molecule has 164 valence electrons. The number of nitrogens with one attached hydrogen (secondary N) is 1. The van der Waals surface area contributed by atoms with Crippen molar-refractivity contribution in [2.24, 2.45) is 4.99 Å². The minimum Gasteiger partial charge on any atom is -0.478 e. The molecule has 0 saturated carbocycles. The Morgan fingerprint density at radius 2 is 1.88 bits per heavy atom. The van der Waals surface area contributed by atoms with Crippen LogP contribution >= 0.6 is 11.3 Å². The number of rotatable bonds is 4. The maximum absolute atomic E-state index is 14.1. The van der Waals surface area contributed by atoms with Gasteiger partial charge in [0.05, 0.1) is 11.1 Å². The highest BCUT2D eigenvalue weighted by Crippen LogP contribution is 2.39. The number of aromatic nitrogens is 1. The number of hydrogen-bond acceptors (Lipinski definition) is 5. The molecule has 0 bridgehead atoms. The number of aliphatic imine (C=N–C) groups is 1. The molecule has 0 spiro atoms. The molecule has 1 aliphatic heterocycles. The summed E-state index contributed by atoms with van der Waals surface area (Å²) >= 11 is 1.30. The number of carbonyl (C=O) groups is 1. The summed E-state index contributed by atoms with van der Waals surface area (Å²) in [5, 5.41) is 15.0. The van der Waals surface area contributed by atoms with Gasteiger partial charge in [0.25, 0.3) is 0 Å². The molecule has 1 unspecified atom stereocenters. The molecule has 5 nitrogen and oxygen atoms in total. The highest BCUT2D eigenvalue weighted by molar-refractivity contribution is 7.11. The minimum absolute atomic E-state index is 0.0509. The first-order chi connectivity index (χ1) is 15.1. The molecule has 10 heteroatoms. The molecule has 32 heavy (non-hydrogen) atoms. The van der Waals surface area contributed by atoms with Crippen LogP contribution in [0.25, 0.3) is 11.1 Å². The fourth-order valence-electron chi connectivity index (χ4n) is 3.48. The van der Waals surface area contributed by atoms with E-state index in [4.69, 9.17) is 0 Å². The van der Waals surface area contributed by atoms with Crippen LogP contribution < -0.4 is 5.32 Å². The first kappa shape index (κ1) is 21.7. The highest BCUT2D eigenvalue weighted by Gasteiger charge is 2.33. The average molecular weight is 461 g/mol. The number of aliphatic carboxylic acids is 1.